The fourth-order valence-electron chi connectivity index (χ4n) is 1.63. The zero-order chi connectivity index (χ0) is 13.1. The predicted molar refractivity (Wildman–Crippen MR) is 75.4 cm³/mol. The van der Waals surface area contributed by atoms with Gasteiger partial charge in [0.25, 0.3) is 0 Å². The normalized spacial score (nSPS) is 14.4. The molecule has 1 aliphatic carbocycles. The largest absolute Gasteiger partial charge is 0.493 e. The first-order valence-corrected chi connectivity index (χ1v) is 7.20. The first kappa shape index (κ1) is 12.4. The standard InChI is InChI=1S/C14H16N2O2S/c1-10-8-14(15-18-10)16-19-13-6-4-12(5-7-13)17-9-11-2-3-11/h4-8,11H,2-3,9H2,1H3,(H,15,16). The summed E-state index contributed by atoms with van der Waals surface area (Å²) < 4.78 is 13.8. The molecule has 0 spiro atoms. The average Bonchev–Trinajstić information content (AvgIpc) is 3.17. The number of rotatable bonds is 6. The van der Waals surface area contributed by atoms with Gasteiger partial charge in [0.05, 0.1) is 6.61 Å². The number of aryl methyl sites for hydroxylation is 1. The minimum Gasteiger partial charge on any atom is -0.493 e. The topological polar surface area (TPSA) is 47.3 Å². The van der Waals surface area contributed by atoms with Crippen LogP contribution in [-0.2, 0) is 0 Å². The maximum atomic E-state index is 5.69. The lowest BCUT2D eigenvalue weighted by molar-refractivity contribution is 0.299. The van der Waals surface area contributed by atoms with Gasteiger partial charge in [-0.2, -0.15) is 0 Å². The van der Waals surface area contributed by atoms with Crippen molar-refractivity contribution in [3.8, 4) is 5.75 Å². The molecule has 0 atom stereocenters. The lowest BCUT2D eigenvalue weighted by atomic mass is 10.3. The van der Waals surface area contributed by atoms with E-state index in [9.17, 15) is 0 Å². The molecule has 0 amide bonds. The Kier molecular flexibility index (Phi) is 3.64. The Balaban J connectivity index is 1.50. The van der Waals surface area contributed by atoms with Crippen LogP contribution in [0.15, 0.2) is 39.8 Å². The molecule has 2 aromatic rings. The van der Waals surface area contributed by atoms with Crippen molar-refractivity contribution in [2.24, 2.45) is 5.92 Å². The molecular weight excluding hydrogens is 260 g/mol. The quantitative estimate of drug-likeness (QED) is 0.811. The lowest BCUT2D eigenvalue weighted by Crippen LogP contribution is -1.98. The maximum absolute atomic E-state index is 5.69. The summed E-state index contributed by atoms with van der Waals surface area (Å²) in [6, 6.07) is 9.93. The van der Waals surface area contributed by atoms with Gasteiger partial charge in [0, 0.05) is 11.0 Å². The number of nitrogens with zero attached hydrogens (tertiary/aromatic N) is 1. The van der Waals surface area contributed by atoms with Crippen LogP contribution in [0.25, 0.3) is 0 Å². The smallest absolute Gasteiger partial charge is 0.179 e. The summed E-state index contributed by atoms with van der Waals surface area (Å²) in [6.45, 7) is 2.72. The Labute approximate surface area is 116 Å². The van der Waals surface area contributed by atoms with Gasteiger partial charge in [-0.25, -0.2) is 0 Å². The molecule has 1 aliphatic rings. The first-order chi connectivity index (χ1) is 9.29. The zero-order valence-corrected chi connectivity index (χ0v) is 11.6. The number of hydrogen-bond donors (Lipinski definition) is 1. The second-order valence-electron chi connectivity index (χ2n) is 4.75. The van der Waals surface area contributed by atoms with Crippen LogP contribution in [0, 0.1) is 12.8 Å². The van der Waals surface area contributed by atoms with Crippen molar-refractivity contribution in [2.75, 3.05) is 11.3 Å². The van der Waals surface area contributed by atoms with Gasteiger partial charge >= 0.3 is 0 Å². The Hall–Kier alpha value is -1.62. The van der Waals surface area contributed by atoms with Crippen LogP contribution in [0.1, 0.15) is 18.6 Å². The van der Waals surface area contributed by atoms with Crippen LogP contribution in [0.5, 0.6) is 5.75 Å². The number of hydrogen-bond acceptors (Lipinski definition) is 5. The highest BCUT2D eigenvalue weighted by atomic mass is 32.2. The minimum absolute atomic E-state index is 0.733. The maximum Gasteiger partial charge on any atom is 0.179 e. The molecule has 0 radical (unpaired) electrons. The minimum atomic E-state index is 0.733. The SMILES string of the molecule is Cc1cc(NSc2ccc(OCC3CC3)cc2)no1. The average molecular weight is 276 g/mol. The Morgan fingerprint density at radius 2 is 2.16 bits per heavy atom. The molecule has 1 saturated carbocycles. The monoisotopic (exact) mass is 276 g/mol. The molecule has 0 saturated heterocycles. The molecule has 1 heterocycles. The second-order valence-corrected chi connectivity index (χ2v) is 5.63. The van der Waals surface area contributed by atoms with Crippen LogP contribution in [0.3, 0.4) is 0 Å². The van der Waals surface area contributed by atoms with E-state index >= 15 is 0 Å². The molecule has 1 N–H and O–H groups in total. The summed E-state index contributed by atoms with van der Waals surface area (Å²) in [5.41, 5.74) is 0. The molecule has 5 heteroatoms. The molecular formula is C14H16N2O2S. The molecule has 0 unspecified atom stereocenters. The third-order valence-corrected chi connectivity index (χ3v) is 3.73. The molecule has 1 aromatic carbocycles. The third kappa shape index (κ3) is 3.67. The molecule has 3 rings (SSSR count). The molecule has 100 valence electrons. The van der Waals surface area contributed by atoms with Crippen molar-refractivity contribution in [3.05, 3.63) is 36.1 Å². The van der Waals surface area contributed by atoms with Crippen molar-refractivity contribution < 1.29 is 9.26 Å². The van der Waals surface area contributed by atoms with E-state index in [0.29, 0.717) is 0 Å². The van der Waals surface area contributed by atoms with Gasteiger partial charge in [0.1, 0.15) is 11.5 Å². The zero-order valence-electron chi connectivity index (χ0n) is 10.8. The number of anilines is 1. The highest BCUT2D eigenvalue weighted by Gasteiger charge is 2.21. The van der Waals surface area contributed by atoms with Crippen LogP contribution in [0.4, 0.5) is 5.82 Å². The van der Waals surface area contributed by atoms with Gasteiger partial charge in [-0.3, -0.25) is 0 Å². The van der Waals surface area contributed by atoms with E-state index in [-0.39, 0.29) is 0 Å². The number of aromatic nitrogens is 1. The van der Waals surface area contributed by atoms with Crippen LogP contribution >= 0.6 is 11.9 Å². The Morgan fingerprint density at radius 3 is 2.79 bits per heavy atom. The van der Waals surface area contributed by atoms with Crippen molar-refractivity contribution in [2.45, 2.75) is 24.7 Å². The van der Waals surface area contributed by atoms with E-state index in [4.69, 9.17) is 9.26 Å². The van der Waals surface area contributed by atoms with Gasteiger partial charge in [0.2, 0.25) is 0 Å². The lowest BCUT2D eigenvalue weighted by Gasteiger charge is -2.06. The van der Waals surface area contributed by atoms with Gasteiger partial charge in [-0.1, -0.05) is 5.16 Å². The Bertz CT molecular complexity index is 535. The van der Waals surface area contributed by atoms with Gasteiger partial charge < -0.3 is 14.0 Å². The summed E-state index contributed by atoms with van der Waals surface area (Å²) in [6.07, 6.45) is 2.63. The number of benzene rings is 1. The Morgan fingerprint density at radius 1 is 1.37 bits per heavy atom. The van der Waals surface area contributed by atoms with E-state index in [0.717, 1.165) is 34.7 Å². The molecule has 19 heavy (non-hydrogen) atoms. The number of nitrogens with one attached hydrogen (secondary N) is 1. The van der Waals surface area contributed by atoms with Crippen LogP contribution in [-0.4, -0.2) is 11.8 Å². The van der Waals surface area contributed by atoms with E-state index in [2.05, 4.69) is 9.88 Å². The van der Waals surface area contributed by atoms with Gasteiger partial charge in [0.15, 0.2) is 5.82 Å². The van der Waals surface area contributed by atoms with E-state index in [1.165, 1.54) is 24.8 Å². The van der Waals surface area contributed by atoms with Gasteiger partial charge in [-0.15, -0.1) is 0 Å². The summed E-state index contributed by atoms with van der Waals surface area (Å²) >= 11 is 1.50. The van der Waals surface area contributed by atoms with Crippen molar-refractivity contribution in [3.63, 3.8) is 0 Å². The molecule has 0 bridgehead atoms. The van der Waals surface area contributed by atoms with Gasteiger partial charge in [-0.05, 0) is 61.9 Å². The van der Waals surface area contributed by atoms with Crippen LogP contribution in [0.2, 0.25) is 0 Å². The summed E-state index contributed by atoms with van der Waals surface area (Å²) in [5.74, 6) is 3.25. The van der Waals surface area contributed by atoms with Crippen LogP contribution < -0.4 is 9.46 Å². The second kappa shape index (κ2) is 5.57. The summed E-state index contributed by atoms with van der Waals surface area (Å²) in [5, 5.41) is 3.87. The third-order valence-electron chi connectivity index (χ3n) is 2.91. The fourth-order valence-corrected chi connectivity index (χ4v) is 2.22. The highest BCUT2D eigenvalue weighted by molar-refractivity contribution is 8.00. The summed E-state index contributed by atoms with van der Waals surface area (Å²) in [7, 11) is 0. The van der Waals surface area contributed by atoms with Crippen molar-refractivity contribution >= 4 is 17.8 Å². The highest BCUT2D eigenvalue weighted by Crippen LogP contribution is 2.30. The predicted octanol–water partition coefficient (Wildman–Crippen LogP) is 3.89. The molecule has 1 aromatic heterocycles. The number of ether oxygens (including phenoxy) is 1. The fraction of sp³-hybridized carbons (Fsp3) is 0.357. The van der Waals surface area contributed by atoms with Crippen molar-refractivity contribution in [1.82, 2.24) is 5.16 Å². The molecule has 4 nitrogen and oxygen atoms in total. The first-order valence-electron chi connectivity index (χ1n) is 6.38. The van der Waals surface area contributed by atoms with E-state index in [1.54, 1.807) is 0 Å². The van der Waals surface area contributed by atoms with E-state index < -0.39 is 0 Å². The summed E-state index contributed by atoms with van der Waals surface area (Å²) in [4.78, 5) is 1.11. The van der Waals surface area contributed by atoms with Crippen molar-refractivity contribution in [1.29, 1.82) is 0 Å². The molecule has 0 aliphatic heterocycles. The van der Waals surface area contributed by atoms with E-state index in [1.807, 2.05) is 37.3 Å². The molecule has 1 fully saturated rings.